The van der Waals surface area contributed by atoms with Crippen molar-refractivity contribution in [3.8, 4) is 0 Å². The summed E-state index contributed by atoms with van der Waals surface area (Å²) >= 11 is 1.30. The van der Waals surface area contributed by atoms with Crippen LogP contribution < -0.4 is 24.8 Å². The first-order valence-electron chi connectivity index (χ1n) is 5.48. The summed E-state index contributed by atoms with van der Waals surface area (Å²) in [7, 11) is 0. The third-order valence-corrected chi connectivity index (χ3v) is 2.40. The molecule has 0 aromatic heterocycles. The van der Waals surface area contributed by atoms with Gasteiger partial charge in [-0.1, -0.05) is 26.7 Å². The van der Waals surface area contributed by atoms with Crippen molar-refractivity contribution >= 4 is 4.21 Å². The molecule has 0 aromatic rings. The molecule has 0 bridgehead atoms. The zero-order chi connectivity index (χ0) is 12.6. The molecule has 2 rings (SSSR count). The third kappa shape index (κ3) is 10.2. The minimum absolute atomic E-state index is 0. The van der Waals surface area contributed by atoms with Gasteiger partial charge in [0.1, 0.15) is 0 Å². The van der Waals surface area contributed by atoms with E-state index < -0.39 is 0 Å². The van der Waals surface area contributed by atoms with Crippen molar-refractivity contribution in [3.63, 3.8) is 0 Å². The van der Waals surface area contributed by atoms with Crippen LogP contribution in [0.25, 0.3) is 0 Å². The third-order valence-electron chi connectivity index (χ3n) is 2.40. The average Bonchev–Trinajstić information content (AvgIpc) is 2.82. The molecule has 1 atom stereocenters. The molecule has 18 heavy (non-hydrogen) atoms. The Bertz CT molecular complexity index is 318. The second kappa shape index (κ2) is 13.7. The summed E-state index contributed by atoms with van der Waals surface area (Å²) in [4.78, 5) is 0. The van der Waals surface area contributed by atoms with Gasteiger partial charge in [0.25, 0.3) is 0 Å². The molecular weight excluding hydrogens is 342 g/mol. The molecular formula is C15H20Cl2Zr-2. The van der Waals surface area contributed by atoms with Gasteiger partial charge in [0.05, 0.1) is 0 Å². The van der Waals surface area contributed by atoms with E-state index in [1.807, 2.05) is 0 Å². The predicted molar refractivity (Wildman–Crippen MR) is 68.7 cm³/mol. The Kier molecular flexibility index (Phi) is 17.8. The van der Waals surface area contributed by atoms with Crippen LogP contribution in [0.15, 0.2) is 34.9 Å². The largest absolute Gasteiger partial charge is 1.00 e. The molecule has 3 heteroatoms. The van der Waals surface area contributed by atoms with Gasteiger partial charge in [0.2, 0.25) is 0 Å². The number of hydrogen-bond acceptors (Lipinski definition) is 0. The number of halogens is 2. The summed E-state index contributed by atoms with van der Waals surface area (Å²) in [5.74, 6) is 0.551. The van der Waals surface area contributed by atoms with E-state index in [4.69, 9.17) is 0 Å². The normalized spacial score (nSPS) is 18.8. The van der Waals surface area contributed by atoms with Crippen LogP contribution in [0.4, 0.5) is 0 Å². The van der Waals surface area contributed by atoms with Crippen molar-refractivity contribution in [1.82, 2.24) is 0 Å². The van der Waals surface area contributed by atoms with Crippen LogP contribution in [0.2, 0.25) is 0 Å². The second-order valence-corrected chi connectivity index (χ2v) is 3.87. The number of allylic oxidation sites excluding steroid dienone is 8. The molecule has 0 aromatic carbocycles. The van der Waals surface area contributed by atoms with Gasteiger partial charge in [-0.15, -0.1) is 13.3 Å². The van der Waals surface area contributed by atoms with Crippen molar-refractivity contribution in [2.75, 3.05) is 0 Å². The Morgan fingerprint density at radius 2 is 1.78 bits per heavy atom. The monoisotopic (exact) mass is 360 g/mol. The molecule has 0 nitrogen and oxygen atoms in total. The fourth-order valence-corrected chi connectivity index (χ4v) is 1.51. The molecule has 0 saturated heterocycles. The van der Waals surface area contributed by atoms with Crippen molar-refractivity contribution in [2.45, 2.75) is 34.1 Å². The minimum Gasteiger partial charge on any atom is -1.00 e. The maximum absolute atomic E-state index is 3.34. The van der Waals surface area contributed by atoms with Crippen molar-refractivity contribution in [2.24, 2.45) is 5.92 Å². The fourth-order valence-electron chi connectivity index (χ4n) is 1.51. The van der Waals surface area contributed by atoms with Crippen LogP contribution in [0, 0.1) is 18.1 Å². The van der Waals surface area contributed by atoms with Crippen LogP contribution in [0.1, 0.15) is 34.1 Å². The van der Waals surface area contributed by atoms with Gasteiger partial charge >= 0.3 is 28.4 Å². The maximum atomic E-state index is 3.34. The number of rotatable bonds is 0. The Morgan fingerprint density at radius 1 is 1.22 bits per heavy atom. The molecule has 2 aliphatic rings. The SMILES string of the molecule is CC1=[C-]C(C)C=C1C.CC1=[C-]CC=C1.[CH2]=[Zr+2].[Cl-].[Cl-]. The van der Waals surface area contributed by atoms with Gasteiger partial charge in [0.15, 0.2) is 0 Å². The predicted octanol–water partition coefficient (Wildman–Crippen LogP) is -2.00. The summed E-state index contributed by atoms with van der Waals surface area (Å²) in [5.41, 5.74) is 3.98. The van der Waals surface area contributed by atoms with E-state index in [1.54, 1.807) is 0 Å². The Morgan fingerprint density at radius 3 is 1.89 bits per heavy atom. The van der Waals surface area contributed by atoms with Crippen LogP contribution in [0.5, 0.6) is 0 Å². The molecule has 0 heterocycles. The Labute approximate surface area is 139 Å². The van der Waals surface area contributed by atoms with Gasteiger partial charge in [-0.3, -0.25) is 12.2 Å². The molecule has 0 saturated carbocycles. The second-order valence-electron chi connectivity index (χ2n) is 3.87. The molecule has 0 spiro atoms. The molecule has 0 radical (unpaired) electrons. The van der Waals surface area contributed by atoms with E-state index in [9.17, 15) is 0 Å². The van der Waals surface area contributed by atoms with Crippen molar-refractivity contribution in [3.05, 3.63) is 47.1 Å². The van der Waals surface area contributed by atoms with Crippen molar-refractivity contribution < 1.29 is 49.0 Å². The minimum atomic E-state index is 0. The molecule has 0 amide bonds. The summed E-state index contributed by atoms with van der Waals surface area (Å²) in [6, 6.07) is 0. The number of hydrogen-bond donors (Lipinski definition) is 0. The first kappa shape index (κ1) is 23.4. The quantitative estimate of drug-likeness (QED) is 0.438. The zero-order valence-electron chi connectivity index (χ0n) is 11.5. The smallest absolute Gasteiger partial charge is 1.00 e. The Balaban J connectivity index is -0.000000204. The molecule has 100 valence electrons. The van der Waals surface area contributed by atoms with E-state index in [0.29, 0.717) is 5.92 Å². The van der Waals surface area contributed by atoms with Gasteiger partial charge < -0.3 is 24.8 Å². The first-order valence-corrected chi connectivity index (χ1v) is 7.21. The summed E-state index contributed by atoms with van der Waals surface area (Å²) < 4.78 is 3.34. The molecule has 1 unspecified atom stereocenters. The maximum Gasteiger partial charge on any atom is -1.00 e. The standard InChI is InChI=1S/C8H11.C6H7.CH2.2ClH.Zr/c1-6-4-7(2)8(3)5-6;1-6-4-2-3-5-6;;;;/h4,6H,1-3H3;2,4H,3H2,1H3;1H2;2*1H;/q2*-1;;;;+2/p-2. The van der Waals surface area contributed by atoms with Crippen molar-refractivity contribution in [1.29, 1.82) is 0 Å². The first-order chi connectivity index (χ1) is 7.59. The van der Waals surface area contributed by atoms with Crippen LogP contribution >= 0.6 is 0 Å². The van der Waals surface area contributed by atoms with E-state index in [0.717, 1.165) is 6.42 Å². The Hall–Kier alpha value is 0.293. The molecule has 0 N–H and O–H groups in total. The van der Waals surface area contributed by atoms with E-state index in [1.165, 1.54) is 41.0 Å². The molecule has 2 aliphatic carbocycles. The zero-order valence-corrected chi connectivity index (χ0v) is 15.4. The fraction of sp³-hybridized carbons (Fsp3) is 0.400. The average molecular weight is 362 g/mol. The van der Waals surface area contributed by atoms with Gasteiger partial charge in [-0.05, 0) is 0 Å². The van der Waals surface area contributed by atoms with Gasteiger partial charge in [-0.2, -0.15) is 12.2 Å². The van der Waals surface area contributed by atoms with Crippen LogP contribution in [-0.4, -0.2) is 4.21 Å². The van der Waals surface area contributed by atoms with Crippen LogP contribution in [-0.2, 0) is 24.2 Å². The van der Waals surface area contributed by atoms with E-state index in [2.05, 4.69) is 62.3 Å². The van der Waals surface area contributed by atoms with Gasteiger partial charge in [-0.25, -0.2) is 22.8 Å². The van der Waals surface area contributed by atoms with E-state index in [-0.39, 0.29) is 24.8 Å². The van der Waals surface area contributed by atoms with Crippen LogP contribution in [0.3, 0.4) is 0 Å². The summed E-state index contributed by atoms with van der Waals surface area (Å²) in [6.07, 6.45) is 13.9. The molecule has 0 aliphatic heterocycles. The van der Waals surface area contributed by atoms with Gasteiger partial charge in [0, 0.05) is 0 Å². The topological polar surface area (TPSA) is 0 Å². The molecule has 0 fully saturated rings. The van der Waals surface area contributed by atoms with E-state index >= 15 is 0 Å². The summed E-state index contributed by atoms with van der Waals surface area (Å²) in [6.45, 7) is 8.45. The summed E-state index contributed by atoms with van der Waals surface area (Å²) in [5, 5.41) is 0.